The summed E-state index contributed by atoms with van der Waals surface area (Å²) in [6.07, 6.45) is 0.352. The highest BCUT2D eigenvalue weighted by atomic mass is 79.9. The number of anilines is 1. The Morgan fingerprint density at radius 2 is 2.17 bits per heavy atom. The SMILES string of the molecule is CC1CN(CCNc2ccccc2Br)C(C)CO1. The predicted molar refractivity (Wildman–Crippen MR) is 79.1 cm³/mol. The molecule has 1 saturated heterocycles. The molecule has 1 aliphatic heterocycles. The van der Waals surface area contributed by atoms with Crippen LogP contribution < -0.4 is 5.32 Å². The second-order valence-corrected chi connectivity index (χ2v) is 5.75. The van der Waals surface area contributed by atoms with E-state index in [1.807, 2.05) is 12.1 Å². The van der Waals surface area contributed by atoms with Crippen LogP contribution in [0.25, 0.3) is 0 Å². The zero-order valence-electron chi connectivity index (χ0n) is 11.0. The Balaban J connectivity index is 1.79. The molecule has 0 spiro atoms. The molecule has 0 aromatic heterocycles. The fourth-order valence-corrected chi connectivity index (χ4v) is 2.65. The summed E-state index contributed by atoms with van der Waals surface area (Å²) in [6.45, 7) is 8.25. The molecule has 100 valence electrons. The number of benzene rings is 1. The first-order valence-corrected chi connectivity index (χ1v) is 7.30. The average molecular weight is 313 g/mol. The number of halogens is 1. The van der Waals surface area contributed by atoms with Crippen molar-refractivity contribution in [3.05, 3.63) is 28.7 Å². The highest BCUT2D eigenvalue weighted by Gasteiger charge is 2.22. The minimum absolute atomic E-state index is 0.352. The Hall–Kier alpha value is -0.580. The first-order valence-electron chi connectivity index (χ1n) is 6.51. The Morgan fingerprint density at radius 3 is 2.94 bits per heavy atom. The van der Waals surface area contributed by atoms with Crippen LogP contribution in [0.3, 0.4) is 0 Å². The maximum Gasteiger partial charge on any atom is 0.0674 e. The average Bonchev–Trinajstić information content (AvgIpc) is 2.36. The van der Waals surface area contributed by atoms with Crippen LogP contribution in [-0.2, 0) is 4.74 Å². The monoisotopic (exact) mass is 312 g/mol. The van der Waals surface area contributed by atoms with Crippen LogP contribution in [0.5, 0.6) is 0 Å². The standard InChI is InChI=1S/C14H21BrN2O/c1-11-10-18-12(2)9-17(11)8-7-16-14-6-4-3-5-13(14)15/h3-6,11-12,16H,7-10H2,1-2H3. The summed E-state index contributed by atoms with van der Waals surface area (Å²) in [4.78, 5) is 2.48. The van der Waals surface area contributed by atoms with Gasteiger partial charge in [0.05, 0.1) is 12.7 Å². The lowest BCUT2D eigenvalue weighted by Crippen LogP contribution is -2.48. The Kier molecular flexibility index (Phi) is 5.03. The quantitative estimate of drug-likeness (QED) is 0.925. The molecule has 1 N–H and O–H groups in total. The van der Waals surface area contributed by atoms with Crippen LogP contribution in [0.1, 0.15) is 13.8 Å². The van der Waals surface area contributed by atoms with Gasteiger partial charge in [0.25, 0.3) is 0 Å². The van der Waals surface area contributed by atoms with Crippen LogP contribution in [0, 0.1) is 0 Å². The molecule has 0 amide bonds. The molecule has 1 fully saturated rings. The minimum atomic E-state index is 0.352. The van der Waals surface area contributed by atoms with Gasteiger partial charge in [-0.1, -0.05) is 12.1 Å². The number of hydrogen-bond acceptors (Lipinski definition) is 3. The molecule has 1 aliphatic rings. The van der Waals surface area contributed by atoms with Crippen molar-refractivity contribution in [1.82, 2.24) is 4.90 Å². The summed E-state index contributed by atoms with van der Waals surface area (Å²) in [5, 5.41) is 3.47. The highest BCUT2D eigenvalue weighted by Crippen LogP contribution is 2.21. The number of rotatable bonds is 4. The smallest absolute Gasteiger partial charge is 0.0674 e. The van der Waals surface area contributed by atoms with Crippen LogP contribution in [-0.4, -0.2) is 43.3 Å². The van der Waals surface area contributed by atoms with E-state index < -0.39 is 0 Å². The molecule has 0 radical (unpaired) electrons. The second kappa shape index (κ2) is 6.55. The molecular weight excluding hydrogens is 292 g/mol. The van der Waals surface area contributed by atoms with Gasteiger partial charge in [-0.3, -0.25) is 4.90 Å². The molecule has 1 aromatic carbocycles. The maximum absolute atomic E-state index is 5.63. The molecular formula is C14H21BrN2O. The summed E-state index contributed by atoms with van der Waals surface area (Å²) in [7, 11) is 0. The second-order valence-electron chi connectivity index (χ2n) is 4.89. The number of morpholine rings is 1. The lowest BCUT2D eigenvalue weighted by molar-refractivity contribution is -0.0476. The summed E-state index contributed by atoms with van der Waals surface area (Å²) in [6, 6.07) is 8.74. The molecule has 2 unspecified atom stereocenters. The molecule has 2 atom stereocenters. The lowest BCUT2D eigenvalue weighted by atomic mass is 10.2. The van der Waals surface area contributed by atoms with Gasteiger partial charge >= 0.3 is 0 Å². The summed E-state index contributed by atoms with van der Waals surface area (Å²) in [5.41, 5.74) is 1.16. The molecule has 1 aromatic rings. The topological polar surface area (TPSA) is 24.5 Å². The maximum atomic E-state index is 5.63. The van der Waals surface area contributed by atoms with Crippen molar-refractivity contribution in [3.63, 3.8) is 0 Å². The zero-order valence-corrected chi connectivity index (χ0v) is 12.6. The van der Waals surface area contributed by atoms with Crippen LogP contribution in [0.2, 0.25) is 0 Å². The van der Waals surface area contributed by atoms with Gasteiger partial charge in [0, 0.05) is 35.8 Å². The van der Waals surface area contributed by atoms with E-state index >= 15 is 0 Å². The normalized spacial score (nSPS) is 25.1. The van der Waals surface area contributed by atoms with Crippen LogP contribution >= 0.6 is 15.9 Å². The van der Waals surface area contributed by atoms with Gasteiger partial charge in [0.1, 0.15) is 0 Å². The summed E-state index contributed by atoms with van der Waals surface area (Å²) < 4.78 is 6.75. The largest absolute Gasteiger partial charge is 0.383 e. The first-order chi connectivity index (χ1) is 8.66. The Labute approximate surface area is 118 Å². The van der Waals surface area contributed by atoms with Gasteiger partial charge in [0.2, 0.25) is 0 Å². The van der Waals surface area contributed by atoms with E-state index in [0.717, 1.165) is 36.4 Å². The van der Waals surface area contributed by atoms with Crippen molar-refractivity contribution >= 4 is 21.6 Å². The van der Waals surface area contributed by atoms with Gasteiger partial charge < -0.3 is 10.1 Å². The van der Waals surface area contributed by atoms with Gasteiger partial charge in [-0.2, -0.15) is 0 Å². The first kappa shape index (κ1) is 13.8. The van der Waals surface area contributed by atoms with E-state index in [2.05, 4.69) is 52.1 Å². The molecule has 2 rings (SSSR count). The third-order valence-electron chi connectivity index (χ3n) is 3.33. The van der Waals surface area contributed by atoms with Crippen molar-refractivity contribution in [1.29, 1.82) is 0 Å². The Morgan fingerprint density at radius 1 is 1.39 bits per heavy atom. The number of nitrogens with zero attached hydrogens (tertiary/aromatic N) is 1. The minimum Gasteiger partial charge on any atom is -0.383 e. The van der Waals surface area contributed by atoms with Crippen molar-refractivity contribution in [2.24, 2.45) is 0 Å². The van der Waals surface area contributed by atoms with Gasteiger partial charge in [-0.05, 0) is 41.9 Å². The van der Waals surface area contributed by atoms with Crippen molar-refractivity contribution in [2.45, 2.75) is 26.0 Å². The van der Waals surface area contributed by atoms with E-state index in [1.165, 1.54) is 0 Å². The van der Waals surface area contributed by atoms with Gasteiger partial charge in [0.15, 0.2) is 0 Å². The number of hydrogen-bond donors (Lipinski definition) is 1. The molecule has 4 heteroatoms. The third kappa shape index (κ3) is 3.70. The predicted octanol–water partition coefficient (Wildman–Crippen LogP) is 2.97. The number of para-hydroxylation sites is 1. The molecule has 0 saturated carbocycles. The lowest BCUT2D eigenvalue weighted by Gasteiger charge is -2.36. The number of nitrogens with one attached hydrogen (secondary N) is 1. The van der Waals surface area contributed by atoms with Crippen LogP contribution in [0.4, 0.5) is 5.69 Å². The van der Waals surface area contributed by atoms with E-state index in [1.54, 1.807) is 0 Å². The van der Waals surface area contributed by atoms with Gasteiger partial charge in [-0.25, -0.2) is 0 Å². The van der Waals surface area contributed by atoms with E-state index in [-0.39, 0.29) is 0 Å². The molecule has 0 bridgehead atoms. The zero-order chi connectivity index (χ0) is 13.0. The summed E-state index contributed by atoms with van der Waals surface area (Å²) >= 11 is 3.55. The van der Waals surface area contributed by atoms with Crippen LogP contribution in [0.15, 0.2) is 28.7 Å². The molecule has 18 heavy (non-hydrogen) atoms. The third-order valence-corrected chi connectivity index (χ3v) is 4.02. The summed E-state index contributed by atoms with van der Waals surface area (Å²) in [5.74, 6) is 0. The van der Waals surface area contributed by atoms with Crippen molar-refractivity contribution in [2.75, 3.05) is 31.6 Å². The molecule has 3 nitrogen and oxygen atoms in total. The fourth-order valence-electron chi connectivity index (χ4n) is 2.22. The molecule has 0 aliphatic carbocycles. The van der Waals surface area contributed by atoms with E-state index in [9.17, 15) is 0 Å². The fraction of sp³-hybridized carbons (Fsp3) is 0.571. The number of ether oxygens (including phenoxy) is 1. The van der Waals surface area contributed by atoms with Crippen molar-refractivity contribution in [3.8, 4) is 0 Å². The van der Waals surface area contributed by atoms with Crippen molar-refractivity contribution < 1.29 is 4.74 Å². The molecule has 1 heterocycles. The highest BCUT2D eigenvalue weighted by molar-refractivity contribution is 9.10. The Bertz CT molecular complexity index is 386. The van der Waals surface area contributed by atoms with E-state index in [0.29, 0.717) is 12.1 Å². The van der Waals surface area contributed by atoms with Gasteiger partial charge in [-0.15, -0.1) is 0 Å². The van der Waals surface area contributed by atoms with E-state index in [4.69, 9.17) is 4.74 Å².